The Morgan fingerprint density at radius 3 is 2.00 bits per heavy atom. The molecule has 0 aliphatic carbocycles. The first-order valence-electron chi connectivity index (χ1n) is 2.40. The molecule has 0 aromatic heterocycles. The van der Waals surface area contributed by atoms with Crippen LogP contribution < -0.4 is 4.34 Å². The molecule has 9 heavy (non-hydrogen) atoms. The lowest BCUT2D eigenvalue weighted by Gasteiger charge is -1.81. The predicted molar refractivity (Wildman–Crippen MR) is 40.7 cm³/mol. The molecule has 3 N–H and O–H groups in total. The summed E-state index contributed by atoms with van der Waals surface area (Å²) in [6.07, 6.45) is 1.19. The van der Waals surface area contributed by atoms with Crippen molar-refractivity contribution in [3.63, 3.8) is 0 Å². The third kappa shape index (κ3) is 55.6. The highest BCUT2D eigenvalue weighted by Gasteiger charge is 1.66. The largest absolute Gasteiger partial charge is 0.326 e. The van der Waals surface area contributed by atoms with Crippen LogP contribution in [0.3, 0.4) is 0 Å². The van der Waals surface area contributed by atoms with Crippen LogP contribution in [0, 0.1) is 0 Å². The average Bonchev–Trinajstić information content (AvgIpc) is 1.66. The van der Waals surface area contributed by atoms with Gasteiger partial charge in [0.2, 0.25) is 0 Å². The molecule has 0 atom stereocenters. The van der Waals surface area contributed by atoms with Crippen LogP contribution in [0.1, 0.15) is 13.3 Å². The maximum Gasteiger partial charge on any atom is 0.314 e. The van der Waals surface area contributed by atoms with E-state index in [1.54, 1.807) is 0 Å². The first-order chi connectivity index (χ1) is 4.15. The Balaban J connectivity index is 0. The Bertz CT molecular complexity index is 66.1. The summed E-state index contributed by atoms with van der Waals surface area (Å²) in [5, 5.41) is 0. The molecule has 0 spiro atoms. The van der Waals surface area contributed by atoms with Crippen LogP contribution in [-0.4, -0.2) is 16.3 Å². The molecule has 0 saturated carbocycles. The van der Waals surface area contributed by atoms with Crippen LogP contribution in [0.15, 0.2) is 0 Å². The van der Waals surface area contributed by atoms with Crippen molar-refractivity contribution in [3.05, 3.63) is 0 Å². The van der Waals surface area contributed by atoms with E-state index < -0.39 is 8.25 Å². The van der Waals surface area contributed by atoms with Crippen molar-refractivity contribution in [2.45, 2.75) is 13.3 Å². The highest BCUT2D eigenvalue weighted by molar-refractivity contribution is 9.08. The minimum absolute atomic E-state index is 1.06. The Morgan fingerprint density at radius 2 is 2.00 bits per heavy atom. The van der Waals surface area contributed by atoms with E-state index in [1.165, 1.54) is 6.42 Å². The van der Waals surface area contributed by atoms with Crippen molar-refractivity contribution in [2.24, 2.45) is 0 Å². The van der Waals surface area contributed by atoms with Gasteiger partial charge in [-0.1, -0.05) is 6.92 Å². The van der Waals surface area contributed by atoms with E-state index in [4.69, 9.17) is 14.4 Å². The van der Waals surface area contributed by atoms with Crippen LogP contribution >= 0.6 is 24.4 Å². The summed E-state index contributed by atoms with van der Waals surface area (Å²) in [5.41, 5.74) is 0. The summed E-state index contributed by atoms with van der Waals surface area (Å²) in [6.45, 7) is 3.17. The van der Waals surface area contributed by atoms with Crippen LogP contribution in [0.2, 0.25) is 0 Å². The maximum atomic E-state index is 8.74. The van der Waals surface area contributed by atoms with Gasteiger partial charge in [-0.25, -0.2) is 0 Å². The predicted octanol–water partition coefficient (Wildman–Crippen LogP) is 0.657. The number of hydrogen-bond acceptors (Lipinski definition) is 2. The fourth-order valence-corrected chi connectivity index (χ4v) is 0.491. The lowest BCUT2D eigenvalue weighted by atomic mass is 10.5. The zero-order valence-corrected chi connectivity index (χ0v) is 7.68. The quantitative estimate of drug-likeness (QED) is 0.472. The fourth-order valence-electron chi connectivity index (χ4n) is 0.0945. The fraction of sp³-hybridized carbons (Fsp3) is 1.00. The summed E-state index contributed by atoms with van der Waals surface area (Å²) in [6, 6.07) is 0. The Hall–Kier alpha value is 0.590. The van der Waals surface area contributed by atoms with Crippen LogP contribution in [0.25, 0.3) is 0 Å². The van der Waals surface area contributed by atoms with Gasteiger partial charge in [0, 0.05) is 22.7 Å². The number of nitrogens with one attached hydrogen (secondary N) is 1. The van der Waals surface area contributed by atoms with Crippen molar-refractivity contribution in [1.29, 1.82) is 0 Å². The van der Waals surface area contributed by atoms with Gasteiger partial charge >= 0.3 is 8.25 Å². The maximum absolute atomic E-state index is 8.74. The Morgan fingerprint density at radius 1 is 1.67 bits per heavy atom. The van der Waals surface area contributed by atoms with E-state index in [-0.39, 0.29) is 0 Å². The second kappa shape index (κ2) is 11.4. The number of rotatable bonds is 2. The molecule has 0 bridgehead atoms. The first-order valence-corrected chi connectivity index (χ1v) is 4.50. The van der Waals surface area contributed by atoms with E-state index in [2.05, 4.69) is 27.4 Å². The molecule has 0 aliphatic rings. The molecule has 0 rings (SSSR count). The molecule has 0 amide bonds. The van der Waals surface area contributed by atoms with Gasteiger partial charge in [-0.15, -0.1) is 0 Å². The molecule has 0 saturated heterocycles. The molecule has 0 aromatic rings. The molecule has 0 aliphatic heterocycles. The average molecular weight is 220 g/mol. The summed E-state index contributed by atoms with van der Waals surface area (Å²) < 4.78 is 11.6. The van der Waals surface area contributed by atoms with E-state index in [0.29, 0.717) is 0 Å². The van der Waals surface area contributed by atoms with Crippen molar-refractivity contribution in [1.82, 2.24) is 4.34 Å². The molecule has 0 radical (unpaired) electrons. The van der Waals surface area contributed by atoms with Gasteiger partial charge in [0.25, 0.3) is 0 Å². The lowest BCUT2D eigenvalue weighted by Crippen LogP contribution is -1.95. The zero-order chi connectivity index (χ0) is 7.70. The normalized spacial score (nSPS) is 8.56. The summed E-state index contributed by atoms with van der Waals surface area (Å²) >= 11 is 3.06. The number of halogens is 1. The van der Waals surface area contributed by atoms with Crippen molar-refractivity contribution in [3.8, 4) is 0 Å². The molecule has 0 aromatic carbocycles. The highest BCUT2D eigenvalue weighted by Crippen LogP contribution is 1.98. The molecule has 0 fully saturated rings. The first kappa shape index (κ1) is 12.3. The summed E-state index contributed by atoms with van der Waals surface area (Å²) in [7, 11) is -3.13. The van der Waals surface area contributed by atoms with Gasteiger partial charge in [-0.2, -0.15) is 0 Å². The SMILES string of the molecule is CCCNBr.O=[PH](O)O. The standard InChI is InChI=1S/C3H8BrN.H3O3P/c1-2-3-5-4;1-4(2)3/h5H,2-3H2,1H3;4H,(H2,1,2,3). The van der Waals surface area contributed by atoms with Crippen LogP contribution in [0.4, 0.5) is 0 Å². The minimum Gasteiger partial charge on any atom is -0.326 e. The molecule has 6 heteroatoms. The van der Waals surface area contributed by atoms with Crippen molar-refractivity contribution < 1.29 is 14.4 Å². The van der Waals surface area contributed by atoms with E-state index in [9.17, 15) is 0 Å². The topological polar surface area (TPSA) is 69.6 Å². The van der Waals surface area contributed by atoms with Crippen LogP contribution in [0.5, 0.6) is 0 Å². The summed E-state index contributed by atoms with van der Waals surface area (Å²) in [4.78, 5) is 14.3. The second-order valence-corrected chi connectivity index (χ2v) is 2.29. The Labute approximate surface area is 63.6 Å². The third-order valence-electron chi connectivity index (χ3n) is 0.344. The molecule has 0 heterocycles. The molecular weight excluding hydrogens is 209 g/mol. The smallest absolute Gasteiger partial charge is 0.314 e. The zero-order valence-electron chi connectivity index (χ0n) is 5.09. The monoisotopic (exact) mass is 219 g/mol. The molecular formula is C3H11BrNO3P. The summed E-state index contributed by atoms with van der Waals surface area (Å²) in [5.74, 6) is 0. The van der Waals surface area contributed by atoms with E-state index >= 15 is 0 Å². The van der Waals surface area contributed by atoms with Crippen LogP contribution in [-0.2, 0) is 4.57 Å². The van der Waals surface area contributed by atoms with Gasteiger partial charge in [0.1, 0.15) is 0 Å². The van der Waals surface area contributed by atoms with E-state index in [1.807, 2.05) is 0 Å². The van der Waals surface area contributed by atoms with Gasteiger partial charge in [-0.3, -0.25) is 8.91 Å². The van der Waals surface area contributed by atoms with Gasteiger partial charge in [0.15, 0.2) is 0 Å². The van der Waals surface area contributed by atoms with Crippen molar-refractivity contribution >= 4 is 24.4 Å². The Kier molecular flexibility index (Phi) is 15.6. The molecule has 4 nitrogen and oxygen atoms in total. The van der Waals surface area contributed by atoms with Gasteiger partial charge in [-0.05, 0) is 6.42 Å². The van der Waals surface area contributed by atoms with Crippen molar-refractivity contribution in [2.75, 3.05) is 6.54 Å². The minimum atomic E-state index is -3.13. The lowest BCUT2D eigenvalue weighted by molar-refractivity contribution is 0.405. The van der Waals surface area contributed by atoms with Gasteiger partial charge < -0.3 is 9.79 Å². The third-order valence-corrected chi connectivity index (χ3v) is 0.741. The van der Waals surface area contributed by atoms with E-state index in [0.717, 1.165) is 6.54 Å². The molecule has 58 valence electrons. The molecule has 0 unspecified atom stereocenters. The van der Waals surface area contributed by atoms with Gasteiger partial charge in [0.05, 0.1) is 0 Å². The number of hydrogen-bond donors (Lipinski definition) is 3. The second-order valence-electron chi connectivity index (χ2n) is 1.17. The highest BCUT2D eigenvalue weighted by atomic mass is 79.9.